The number of rotatable bonds is 2. The summed E-state index contributed by atoms with van der Waals surface area (Å²) in [7, 11) is 0. The molecule has 0 aliphatic carbocycles. The fourth-order valence-corrected chi connectivity index (χ4v) is 0.802. The molecule has 0 spiro atoms. The number of anilines is 1. The second kappa shape index (κ2) is 2.92. The third-order valence-electron chi connectivity index (χ3n) is 1.61. The van der Waals surface area contributed by atoms with E-state index in [1.54, 1.807) is 6.07 Å². The van der Waals surface area contributed by atoms with Gasteiger partial charge in [-0.05, 0) is 5.92 Å². The number of hydrogen-bond acceptors (Lipinski definition) is 4. The summed E-state index contributed by atoms with van der Waals surface area (Å²) < 4.78 is 4.68. The van der Waals surface area contributed by atoms with Crippen LogP contribution in [-0.2, 0) is 0 Å². The van der Waals surface area contributed by atoms with Gasteiger partial charge in [0, 0.05) is 6.07 Å². The summed E-state index contributed by atoms with van der Waals surface area (Å²) in [5, 5.41) is 3.71. The number of nitrogens with zero attached hydrogens (tertiary/aromatic N) is 1. The summed E-state index contributed by atoms with van der Waals surface area (Å²) >= 11 is 0. The molecular weight excluding hydrogens is 142 g/mol. The minimum Gasteiger partial charge on any atom is -0.368 e. The summed E-state index contributed by atoms with van der Waals surface area (Å²) in [4.78, 5) is 0. The average Bonchev–Trinajstić information content (AvgIpc) is 2.34. The summed E-state index contributed by atoms with van der Waals surface area (Å²) in [6.07, 6.45) is 0. The summed E-state index contributed by atoms with van der Waals surface area (Å²) in [6.45, 7) is 4.05. The largest absolute Gasteiger partial charge is 0.368 e. The van der Waals surface area contributed by atoms with E-state index in [1.807, 2.05) is 13.8 Å². The van der Waals surface area contributed by atoms with Crippen LogP contribution in [0, 0.1) is 5.92 Å². The molecule has 1 rings (SSSR count). The van der Waals surface area contributed by atoms with Gasteiger partial charge in [0.2, 0.25) is 5.88 Å². The van der Waals surface area contributed by atoms with Crippen molar-refractivity contribution in [3.8, 4) is 0 Å². The first-order valence-electron chi connectivity index (χ1n) is 3.59. The molecule has 0 radical (unpaired) electrons. The molecule has 0 aromatic carbocycles. The summed E-state index contributed by atoms with van der Waals surface area (Å²) in [5.41, 5.74) is 11.8. The Kier molecular flexibility index (Phi) is 2.14. The fourth-order valence-electron chi connectivity index (χ4n) is 0.802. The van der Waals surface area contributed by atoms with Crippen LogP contribution in [0.25, 0.3) is 0 Å². The highest BCUT2D eigenvalue weighted by molar-refractivity contribution is 5.25. The normalized spacial score (nSPS) is 13.8. The first-order valence-corrected chi connectivity index (χ1v) is 3.59. The van der Waals surface area contributed by atoms with Gasteiger partial charge >= 0.3 is 0 Å². The Morgan fingerprint density at radius 2 is 2.18 bits per heavy atom. The predicted octanol–water partition coefficient (Wildman–Crippen LogP) is 0.913. The second-order valence-corrected chi connectivity index (χ2v) is 2.92. The Morgan fingerprint density at radius 3 is 2.55 bits per heavy atom. The lowest BCUT2D eigenvalue weighted by atomic mass is 10.0. The maximum atomic E-state index is 5.77. The molecular formula is C7H13N3O. The third-order valence-corrected chi connectivity index (χ3v) is 1.61. The maximum Gasteiger partial charge on any atom is 0.222 e. The molecule has 0 amide bonds. The van der Waals surface area contributed by atoms with Crippen molar-refractivity contribution in [2.24, 2.45) is 11.7 Å². The summed E-state index contributed by atoms with van der Waals surface area (Å²) in [5.74, 6) is 0.663. The molecule has 1 aromatic rings. The fraction of sp³-hybridized carbons (Fsp3) is 0.571. The van der Waals surface area contributed by atoms with Crippen molar-refractivity contribution in [2.45, 2.75) is 19.9 Å². The Labute approximate surface area is 65.5 Å². The first kappa shape index (κ1) is 8.07. The third kappa shape index (κ3) is 1.71. The zero-order valence-electron chi connectivity index (χ0n) is 6.74. The second-order valence-electron chi connectivity index (χ2n) is 2.92. The van der Waals surface area contributed by atoms with Crippen LogP contribution in [-0.4, -0.2) is 5.16 Å². The van der Waals surface area contributed by atoms with E-state index in [0.29, 0.717) is 11.8 Å². The highest BCUT2D eigenvalue weighted by Crippen LogP contribution is 2.18. The molecule has 62 valence electrons. The molecule has 0 saturated carbocycles. The Morgan fingerprint density at radius 1 is 1.55 bits per heavy atom. The van der Waals surface area contributed by atoms with Crippen LogP contribution < -0.4 is 11.5 Å². The van der Waals surface area contributed by atoms with Crippen molar-refractivity contribution in [1.29, 1.82) is 0 Å². The van der Waals surface area contributed by atoms with Crippen molar-refractivity contribution < 1.29 is 4.52 Å². The monoisotopic (exact) mass is 155 g/mol. The number of aromatic nitrogens is 1. The van der Waals surface area contributed by atoms with Gasteiger partial charge in [0.1, 0.15) is 5.69 Å². The molecule has 4 heteroatoms. The molecule has 4 nitrogen and oxygen atoms in total. The molecule has 11 heavy (non-hydrogen) atoms. The van der Waals surface area contributed by atoms with E-state index in [0.717, 1.165) is 5.69 Å². The lowest BCUT2D eigenvalue weighted by molar-refractivity contribution is 0.403. The predicted molar refractivity (Wildman–Crippen MR) is 42.7 cm³/mol. The van der Waals surface area contributed by atoms with Gasteiger partial charge in [0.25, 0.3) is 0 Å². The molecule has 0 aliphatic rings. The molecule has 0 aliphatic heterocycles. The van der Waals surface area contributed by atoms with Gasteiger partial charge in [-0.2, -0.15) is 0 Å². The molecule has 1 heterocycles. The molecule has 4 N–H and O–H groups in total. The van der Waals surface area contributed by atoms with Gasteiger partial charge in [0.05, 0.1) is 6.04 Å². The topological polar surface area (TPSA) is 78.1 Å². The molecule has 1 aromatic heterocycles. The standard InChI is InChI=1S/C7H13N3O/c1-4(2)7(9)5-3-6(8)11-10-5/h3-4,7H,8-9H2,1-2H3. The van der Waals surface area contributed by atoms with Gasteiger partial charge in [-0.25, -0.2) is 0 Å². The highest BCUT2D eigenvalue weighted by atomic mass is 16.5. The van der Waals surface area contributed by atoms with Gasteiger partial charge in [-0.1, -0.05) is 19.0 Å². The van der Waals surface area contributed by atoms with E-state index in [1.165, 1.54) is 0 Å². The van der Waals surface area contributed by atoms with Crippen LogP contribution in [0.15, 0.2) is 10.6 Å². The van der Waals surface area contributed by atoms with Gasteiger partial charge in [-0.15, -0.1) is 0 Å². The Balaban J connectivity index is 2.76. The molecule has 0 saturated heterocycles. The van der Waals surface area contributed by atoms with Gasteiger partial charge in [-0.3, -0.25) is 0 Å². The lowest BCUT2D eigenvalue weighted by Gasteiger charge is -2.10. The van der Waals surface area contributed by atoms with Crippen LogP contribution in [0.2, 0.25) is 0 Å². The molecule has 1 unspecified atom stereocenters. The van der Waals surface area contributed by atoms with E-state index in [4.69, 9.17) is 11.5 Å². The number of nitrogen functional groups attached to an aromatic ring is 1. The highest BCUT2D eigenvalue weighted by Gasteiger charge is 2.14. The zero-order chi connectivity index (χ0) is 8.43. The number of hydrogen-bond donors (Lipinski definition) is 2. The average molecular weight is 155 g/mol. The van der Waals surface area contributed by atoms with Crippen molar-refractivity contribution in [2.75, 3.05) is 5.73 Å². The van der Waals surface area contributed by atoms with E-state index < -0.39 is 0 Å². The zero-order valence-corrected chi connectivity index (χ0v) is 6.74. The van der Waals surface area contributed by atoms with E-state index in [2.05, 4.69) is 9.68 Å². The minimum atomic E-state index is -0.0870. The molecule has 1 atom stereocenters. The Bertz CT molecular complexity index is 231. The van der Waals surface area contributed by atoms with Gasteiger partial charge in [0.15, 0.2) is 0 Å². The van der Waals surface area contributed by atoms with Crippen LogP contribution in [0.5, 0.6) is 0 Å². The van der Waals surface area contributed by atoms with Crippen molar-refractivity contribution in [3.63, 3.8) is 0 Å². The SMILES string of the molecule is CC(C)C(N)c1cc(N)on1. The van der Waals surface area contributed by atoms with Crippen molar-refractivity contribution in [3.05, 3.63) is 11.8 Å². The van der Waals surface area contributed by atoms with E-state index in [9.17, 15) is 0 Å². The van der Waals surface area contributed by atoms with Crippen molar-refractivity contribution >= 4 is 5.88 Å². The van der Waals surface area contributed by atoms with Crippen LogP contribution in [0.1, 0.15) is 25.6 Å². The van der Waals surface area contributed by atoms with Crippen LogP contribution >= 0.6 is 0 Å². The minimum absolute atomic E-state index is 0.0870. The van der Waals surface area contributed by atoms with Gasteiger partial charge < -0.3 is 16.0 Å². The van der Waals surface area contributed by atoms with Crippen LogP contribution in [0.4, 0.5) is 5.88 Å². The Hall–Kier alpha value is -1.03. The van der Waals surface area contributed by atoms with E-state index in [-0.39, 0.29) is 6.04 Å². The van der Waals surface area contributed by atoms with E-state index >= 15 is 0 Å². The summed E-state index contributed by atoms with van der Waals surface area (Å²) in [6, 6.07) is 1.57. The smallest absolute Gasteiger partial charge is 0.222 e. The lowest BCUT2D eigenvalue weighted by Crippen LogP contribution is -2.16. The first-order chi connectivity index (χ1) is 5.11. The van der Waals surface area contributed by atoms with Crippen molar-refractivity contribution in [1.82, 2.24) is 5.16 Å². The maximum absolute atomic E-state index is 5.77. The quantitative estimate of drug-likeness (QED) is 0.665. The number of nitrogens with two attached hydrogens (primary N) is 2. The molecule has 0 fully saturated rings. The van der Waals surface area contributed by atoms with Crippen LogP contribution in [0.3, 0.4) is 0 Å². The molecule has 0 bridgehead atoms.